The molecule has 162 valence electrons. The van der Waals surface area contributed by atoms with Crippen molar-refractivity contribution >= 4 is 24.7 Å². The summed E-state index contributed by atoms with van der Waals surface area (Å²) in [6.07, 6.45) is 1.63. The Labute approximate surface area is 176 Å². The number of nitrogens with one attached hydrogen (secondary N) is 1. The first-order valence-corrected chi connectivity index (χ1v) is 9.87. The Bertz CT molecular complexity index is 698. The molecule has 2 aliphatic rings. The number of hydrogen-bond donors (Lipinski definition) is 2. The van der Waals surface area contributed by atoms with E-state index in [0.29, 0.717) is 18.7 Å². The topological polar surface area (TPSA) is 73.6 Å². The molecule has 8 heteroatoms. The normalized spacial score (nSPS) is 24.8. The van der Waals surface area contributed by atoms with Gasteiger partial charge in [-0.05, 0) is 37.7 Å². The van der Waals surface area contributed by atoms with Gasteiger partial charge in [0.25, 0.3) is 0 Å². The maximum absolute atomic E-state index is 13.8. The lowest BCUT2D eigenvalue weighted by atomic mass is 9.80. The number of benzene rings is 1. The lowest BCUT2D eigenvalue weighted by molar-refractivity contribution is -0.182. The summed E-state index contributed by atoms with van der Waals surface area (Å²) in [6.45, 7) is 3.22. The van der Waals surface area contributed by atoms with Crippen LogP contribution < -0.4 is 0 Å². The number of rotatable bonds is 6. The molecule has 0 aromatic heterocycles. The highest BCUT2D eigenvalue weighted by Gasteiger charge is 2.54. The minimum atomic E-state index is -2.88. The van der Waals surface area contributed by atoms with Crippen LogP contribution in [0.2, 0.25) is 0 Å². The number of carbonyl (C=O) groups is 1. The number of nitrogens with zero attached hydrogens (tertiary/aromatic N) is 1. The Kier molecular flexibility index (Phi) is 7.62. The zero-order chi connectivity index (χ0) is 20.4. The molecular weight excluding hydrogens is 402 g/mol. The number of piperidine rings is 1. The number of carbonyl (C=O) groups excluding carboxylic acids is 1. The maximum Gasteiger partial charge on any atom is 0.343 e. The number of alkyl halides is 2. The van der Waals surface area contributed by atoms with Crippen molar-refractivity contribution in [2.45, 2.75) is 56.7 Å². The smallest absolute Gasteiger partial charge is 0.343 e. The summed E-state index contributed by atoms with van der Waals surface area (Å²) in [5.74, 6) is -4.49. The van der Waals surface area contributed by atoms with Crippen molar-refractivity contribution in [1.29, 1.82) is 5.41 Å². The monoisotopic (exact) mass is 430 g/mol. The molecule has 1 aliphatic carbocycles. The second-order valence-electron chi connectivity index (χ2n) is 8.04. The van der Waals surface area contributed by atoms with Gasteiger partial charge in [0, 0.05) is 31.8 Å². The van der Waals surface area contributed by atoms with Crippen molar-refractivity contribution in [3.05, 3.63) is 35.9 Å². The van der Waals surface area contributed by atoms with Crippen LogP contribution in [0.4, 0.5) is 8.78 Å². The first-order chi connectivity index (χ1) is 13.3. The van der Waals surface area contributed by atoms with Gasteiger partial charge in [0.1, 0.15) is 6.10 Å². The van der Waals surface area contributed by atoms with Gasteiger partial charge in [0.2, 0.25) is 5.92 Å². The molecule has 3 rings (SSSR count). The maximum atomic E-state index is 13.8. The van der Waals surface area contributed by atoms with E-state index in [-0.39, 0.29) is 31.2 Å². The molecule has 29 heavy (non-hydrogen) atoms. The molecule has 1 heterocycles. The minimum absolute atomic E-state index is 0. The van der Waals surface area contributed by atoms with Gasteiger partial charge in [-0.15, -0.1) is 12.4 Å². The van der Waals surface area contributed by atoms with Crippen molar-refractivity contribution in [1.82, 2.24) is 4.90 Å². The summed E-state index contributed by atoms with van der Waals surface area (Å²) in [4.78, 5) is 15.0. The summed E-state index contributed by atoms with van der Waals surface area (Å²) >= 11 is 0. The average Bonchev–Trinajstić information content (AvgIpc) is 3.08. The predicted molar refractivity (Wildman–Crippen MR) is 109 cm³/mol. The lowest BCUT2D eigenvalue weighted by Crippen LogP contribution is -2.46. The second-order valence-corrected chi connectivity index (χ2v) is 8.04. The van der Waals surface area contributed by atoms with E-state index in [1.54, 1.807) is 37.3 Å². The van der Waals surface area contributed by atoms with Gasteiger partial charge < -0.3 is 14.7 Å². The molecule has 1 aromatic carbocycles. The molecule has 1 saturated carbocycles. The Morgan fingerprint density at radius 1 is 1.31 bits per heavy atom. The van der Waals surface area contributed by atoms with Gasteiger partial charge >= 0.3 is 5.97 Å². The predicted octanol–water partition coefficient (Wildman–Crippen LogP) is 3.98. The van der Waals surface area contributed by atoms with E-state index in [2.05, 4.69) is 0 Å². The highest BCUT2D eigenvalue weighted by atomic mass is 35.5. The van der Waals surface area contributed by atoms with Crippen LogP contribution >= 0.6 is 12.4 Å². The van der Waals surface area contributed by atoms with Crippen LogP contribution in [0, 0.1) is 17.2 Å². The Morgan fingerprint density at radius 3 is 2.45 bits per heavy atom. The average molecular weight is 431 g/mol. The standard InChI is InChI=1S/C21H28F2N2O3.ClH/c1-15(16-8-11-25(14-24)12-9-16)28-19(26)21(27,17-5-3-2-4-6-17)18-7-10-20(22,23)13-18;/h2-6,14-16,18,24,27H,7-13H2,1H3;1H. The van der Waals surface area contributed by atoms with Gasteiger partial charge in [-0.1, -0.05) is 30.3 Å². The highest BCUT2D eigenvalue weighted by molar-refractivity contribution is 5.85. The van der Waals surface area contributed by atoms with Crippen molar-refractivity contribution in [2.24, 2.45) is 11.8 Å². The van der Waals surface area contributed by atoms with Crippen molar-refractivity contribution in [2.75, 3.05) is 13.1 Å². The largest absolute Gasteiger partial charge is 0.460 e. The Balaban J connectivity index is 0.00000300. The van der Waals surface area contributed by atoms with E-state index in [9.17, 15) is 18.7 Å². The van der Waals surface area contributed by atoms with Gasteiger partial charge in [-0.25, -0.2) is 13.6 Å². The fourth-order valence-electron chi connectivity index (χ4n) is 4.39. The molecule has 3 unspecified atom stereocenters. The molecule has 0 bridgehead atoms. The molecule has 1 aromatic rings. The van der Waals surface area contributed by atoms with E-state index in [1.165, 1.54) is 6.34 Å². The molecule has 1 aliphatic heterocycles. The minimum Gasteiger partial charge on any atom is -0.460 e. The van der Waals surface area contributed by atoms with E-state index in [1.807, 2.05) is 4.90 Å². The molecule has 2 N–H and O–H groups in total. The van der Waals surface area contributed by atoms with Crippen LogP contribution in [-0.2, 0) is 15.1 Å². The van der Waals surface area contributed by atoms with E-state index < -0.39 is 35.9 Å². The summed E-state index contributed by atoms with van der Waals surface area (Å²) in [5.41, 5.74) is -1.78. The molecule has 0 spiro atoms. The van der Waals surface area contributed by atoms with Crippen molar-refractivity contribution < 1.29 is 23.4 Å². The summed E-state index contributed by atoms with van der Waals surface area (Å²) < 4.78 is 33.3. The molecular formula is C21H29ClF2N2O3. The molecule has 0 radical (unpaired) electrons. The summed E-state index contributed by atoms with van der Waals surface area (Å²) in [7, 11) is 0. The quantitative estimate of drug-likeness (QED) is 0.406. The van der Waals surface area contributed by atoms with Gasteiger partial charge in [-0.2, -0.15) is 0 Å². The van der Waals surface area contributed by atoms with Crippen LogP contribution in [-0.4, -0.2) is 47.4 Å². The van der Waals surface area contributed by atoms with E-state index >= 15 is 0 Å². The van der Waals surface area contributed by atoms with E-state index in [4.69, 9.17) is 10.1 Å². The zero-order valence-corrected chi connectivity index (χ0v) is 17.3. The van der Waals surface area contributed by atoms with Crippen molar-refractivity contribution in [3.8, 4) is 0 Å². The first-order valence-electron chi connectivity index (χ1n) is 9.87. The summed E-state index contributed by atoms with van der Waals surface area (Å²) in [5, 5.41) is 18.7. The van der Waals surface area contributed by atoms with Crippen molar-refractivity contribution in [3.63, 3.8) is 0 Å². The molecule has 3 atom stereocenters. The van der Waals surface area contributed by atoms with Gasteiger partial charge in [0.05, 0.1) is 6.34 Å². The number of hydrogen-bond acceptors (Lipinski definition) is 4. The Morgan fingerprint density at radius 2 is 1.93 bits per heavy atom. The second kappa shape index (κ2) is 9.39. The molecule has 0 amide bonds. The fourth-order valence-corrected chi connectivity index (χ4v) is 4.39. The number of ether oxygens (including phenoxy) is 1. The van der Waals surface area contributed by atoms with Crippen LogP contribution in [0.5, 0.6) is 0 Å². The number of likely N-dealkylation sites (tertiary alicyclic amines) is 1. The highest BCUT2D eigenvalue weighted by Crippen LogP contribution is 2.48. The molecule has 5 nitrogen and oxygen atoms in total. The van der Waals surface area contributed by atoms with Crippen LogP contribution in [0.1, 0.15) is 44.6 Å². The zero-order valence-electron chi connectivity index (χ0n) is 16.5. The first kappa shape index (κ1) is 23.5. The number of aliphatic hydroxyl groups is 1. The third-order valence-corrected chi connectivity index (χ3v) is 6.23. The number of halogens is 3. The number of esters is 1. The SMILES string of the molecule is CC(OC(=O)C(O)(c1ccccc1)C1CCC(F)(F)C1)C1CCN(C=N)CC1.Cl. The van der Waals surface area contributed by atoms with Gasteiger partial charge in [-0.3, -0.25) is 5.41 Å². The molecule has 1 saturated heterocycles. The third-order valence-electron chi connectivity index (χ3n) is 6.23. The summed E-state index contributed by atoms with van der Waals surface area (Å²) in [6, 6.07) is 8.28. The van der Waals surface area contributed by atoms with Crippen LogP contribution in [0.15, 0.2) is 30.3 Å². The van der Waals surface area contributed by atoms with Crippen LogP contribution in [0.25, 0.3) is 0 Å². The van der Waals surface area contributed by atoms with Gasteiger partial charge in [0.15, 0.2) is 5.60 Å². The van der Waals surface area contributed by atoms with E-state index in [0.717, 1.165) is 12.8 Å². The lowest BCUT2D eigenvalue weighted by Gasteiger charge is -2.36. The molecule has 2 fully saturated rings. The van der Waals surface area contributed by atoms with Crippen LogP contribution in [0.3, 0.4) is 0 Å². The third kappa shape index (κ3) is 5.07. The Hall–Kier alpha value is -1.73. The fraction of sp³-hybridized carbons (Fsp3) is 0.619.